The van der Waals surface area contributed by atoms with Crippen LogP contribution in [0.25, 0.3) is 21.8 Å². The number of allylic oxidation sites excluding steroid dienone is 5. The third kappa shape index (κ3) is 1.64. The van der Waals surface area contributed by atoms with Gasteiger partial charge < -0.3 is 4.57 Å². The molecule has 0 radical (unpaired) electrons. The highest BCUT2D eigenvalue weighted by Gasteiger charge is 2.28. The van der Waals surface area contributed by atoms with Gasteiger partial charge in [-0.05, 0) is 18.6 Å². The van der Waals surface area contributed by atoms with E-state index in [9.17, 15) is 0 Å². The summed E-state index contributed by atoms with van der Waals surface area (Å²) in [4.78, 5) is 0. The van der Waals surface area contributed by atoms with E-state index in [2.05, 4.69) is 90.1 Å². The molecule has 1 heteroatoms. The Morgan fingerprint density at radius 3 is 2.05 bits per heavy atom. The van der Waals surface area contributed by atoms with Crippen molar-refractivity contribution < 1.29 is 0 Å². The largest absolute Gasteiger partial charge is 0.327 e. The van der Waals surface area contributed by atoms with Crippen molar-refractivity contribution in [3.63, 3.8) is 0 Å². The number of fused-ring (bicyclic) bond motifs is 3. The number of para-hydroxylation sites is 2. The molecule has 0 amide bonds. The van der Waals surface area contributed by atoms with Gasteiger partial charge in [0.05, 0.1) is 16.6 Å². The molecule has 102 valence electrons. The molecule has 0 saturated carbocycles. The van der Waals surface area contributed by atoms with Crippen LogP contribution in [0.3, 0.4) is 0 Å². The lowest BCUT2D eigenvalue weighted by Gasteiger charge is -2.31. The van der Waals surface area contributed by atoms with Crippen LogP contribution in [0, 0.1) is 0 Å². The fourth-order valence-electron chi connectivity index (χ4n) is 3.41. The van der Waals surface area contributed by atoms with Gasteiger partial charge in [0.15, 0.2) is 0 Å². The molecule has 4 rings (SSSR count). The standard InChI is InChI=1S/C20H17N/c1-2-20(14-8-3-9-15-20)21-18-12-6-4-10-16(18)17-11-5-7-13-19(17)21/h2-14H,1,15H2. The predicted octanol–water partition coefficient (Wildman–Crippen LogP) is 5.19. The maximum absolute atomic E-state index is 4.12. The third-order valence-electron chi connectivity index (χ3n) is 4.43. The number of hydrogen-bond donors (Lipinski definition) is 0. The molecule has 0 aliphatic heterocycles. The zero-order valence-electron chi connectivity index (χ0n) is 11.9. The Labute approximate surface area is 124 Å². The van der Waals surface area contributed by atoms with Crippen LogP contribution in [0.2, 0.25) is 0 Å². The monoisotopic (exact) mass is 271 g/mol. The summed E-state index contributed by atoms with van der Waals surface area (Å²) in [5, 5.41) is 2.61. The number of hydrogen-bond acceptors (Lipinski definition) is 0. The van der Waals surface area contributed by atoms with Crippen molar-refractivity contribution in [2.75, 3.05) is 0 Å². The van der Waals surface area contributed by atoms with Crippen LogP contribution >= 0.6 is 0 Å². The summed E-state index contributed by atoms with van der Waals surface area (Å²) >= 11 is 0. The van der Waals surface area contributed by atoms with Gasteiger partial charge in [0.25, 0.3) is 0 Å². The van der Waals surface area contributed by atoms with Crippen molar-refractivity contribution in [3.8, 4) is 0 Å². The van der Waals surface area contributed by atoms with E-state index in [0.29, 0.717) is 0 Å². The minimum atomic E-state index is -0.183. The summed E-state index contributed by atoms with van der Waals surface area (Å²) in [5.74, 6) is 0. The van der Waals surface area contributed by atoms with Gasteiger partial charge in [0.1, 0.15) is 0 Å². The Bertz CT molecular complexity index is 841. The van der Waals surface area contributed by atoms with Gasteiger partial charge in [-0.3, -0.25) is 0 Å². The zero-order valence-corrected chi connectivity index (χ0v) is 11.9. The van der Waals surface area contributed by atoms with E-state index in [0.717, 1.165) is 6.42 Å². The summed E-state index contributed by atoms with van der Waals surface area (Å²) in [6, 6.07) is 17.2. The molecular formula is C20H17N. The molecular weight excluding hydrogens is 254 g/mol. The Balaban J connectivity index is 2.18. The van der Waals surface area contributed by atoms with Crippen LogP contribution in [0.4, 0.5) is 0 Å². The molecule has 1 aromatic heterocycles. The fourth-order valence-corrected chi connectivity index (χ4v) is 3.41. The molecule has 1 heterocycles. The highest BCUT2D eigenvalue weighted by atomic mass is 15.1. The first-order valence-corrected chi connectivity index (χ1v) is 7.32. The van der Waals surface area contributed by atoms with E-state index in [1.165, 1.54) is 21.8 Å². The topological polar surface area (TPSA) is 4.93 Å². The second kappa shape index (κ2) is 4.49. The van der Waals surface area contributed by atoms with E-state index in [1.807, 2.05) is 0 Å². The van der Waals surface area contributed by atoms with Crippen molar-refractivity contribution in [1.82, 2.24) is 4.57 Å². The van der Waals surface area contributed by atoms with Crippen molar-refractivity contribution in [2.45, 2.75) is 12.0 Å². The SMILES string of the molecule is C=CC1(n2c3ccccc3c3ccccc32)C=CC=CC1. The summed E-state index contributed by atoms with van der Waals surface area (Å²) in [6.07, 6.45) is 11.7. The minimum absolute atomic E-state index is 0.183. The number of nitrogens with zero attached hydrogens (tertiary/aromatic N) is 1. The van der Waals surface area contributed by atoms with Gasteiger partial charge in [0, 0.05) is 10.8 Å². The molecule has 0 spiro atoms. The molecule has 1 atom stereocenters. The van der Waals surface area contributed by atoms with Crippen LogP contribution in [-0.4, -0.2) is 4.57 Å². The average molecular weight is 271 g/mol. The van der Waals surface area contributed by atoms with Gasteiger partial charge in [-0.1, -0.05) is 66.8 Å². The molecule has 3 aromatic rings. The van der Waals surface area contributed by atoms with E-state index in [1.54, 1.807) is 0 Å². The maximum Gasteiger partial charge on any atom is 0.0852 e. The van der Waals surface area contributed by atoms with E-state index in [4.69, 9.17) is 0 Å². The molecule has 0 fully saturated rings. The van der Waals surface area contributed by atoms with Crippen molar-refractivity contribution in [3.05, 3.63) is 85.5 Å². The highest BCUT2D eigenvalue weighted by Crippen LogP contribution is 2.38. The van der Waals surface area contributed by atoms with Crippen molar-refractivity contribution >= 4 is 21.8 Å². The second-order valence-electron chi connectivity index (χ2n) is 5.56. The van der Waals surface area contributed by atoms with Crippen LogP contribution in [0.15, 0.2) is 85.5 Å². The predicted molar refractivity (Wildman–Crippen MR) is 90.5 cm³/mol. The summed E-state index contributed by atoms with van der Waals surface area (Å²) in [7, 11) is 0. The van der Waals surface area contributed by atoms with Crippen LogP contribution in [0.1, 0.15) is 6.42 Å². The van der Waals surface area contributed by atoms with Gasteiger partial charge in [-0.15, -0.1) is 6.58 Å². The Hall–Kier alpha value is -2.54. The zero-order chi connectivity index (χ0) is 14.3. The number of benzene rings is 2. The summed E-state index contributed by atoms with van der Waals surface area (Å²) in [6.45, 7) is 4.12. The first kappa shape index (κ1) is 12.2. The average Bonchev–Trinajstić information content (AvgIpc) is 2.91. The Kier molecular flexibility index (Phi) is 2.61. The molecule has 1 aliphatic rings. The van der Waals surface area contributed by atoms with E-state index >= 15 is 0 Å². The molecule has 1 nitrogen and oxygen atoms in total. The minimum Gasteiger partial charge on any atom is -0.327 e. The van der Waals surface area contributed by atoms with Gasteiger partial charge in [-0.25, -0.2) is 0 Å². The van der Waals surface area contributed by atoms with Gasteiger partial charge in [0.2, 0.25) is 0 Å². The molecule has 1 unspecified atom stereocenters. The lowest BCUT2D eigenvalue weighted by atomic mass is 9.90. The number of aromatic nitrogens is 1. The Morgan fingerprint density at radius 2 is 1.52 bits per heavy atom. The second-order valence-corrected chi connectivity index (χ2v) is 5.56. The maximum atomic E-state index is 4.12. The van der Waals surface area contributed by atoms with E-state index < -0.39 is 0 Å². The first-order valence-electron chi connectivity index (χ1n) is 7.32. The first-order chi connectivity index (χ1) is 10.4. The molecule has 2 aromatic carbocycles. The summed E-state index contributed by atoms with van der Waals surface area (Å²) < 4.78 is 2.42. The molecule has 0 bridgehead atoms. The normalized spacial score (nSPS) is 21.1. The van der Waals surface area contributed by atoms with Crippen LogP contribution < -0.4 is 0 Å². The van der Waals surface area contributed by atoms with Gasteiger partial charge in [-0.2, -0.15) is 0 Å². The molecule has 0 saturated heterocycles. The lowest BCUT2D eigenvalue weighted by Crippen LogP contribution is -2.29. The number of rotatable bonds is 2. The third-order valence-corrected chi connectivity index (χ3v) is 4.43. The van der Waals surface area contributed by atoms with E-state index in [-0.39, 0.29) is 5.54 Å². The smallest absolute Gasteiger partial charge is 0.0852 e. The Morgan fingerprint density at radius 1 is 0.905 bits per heavy atom. The van der Waals surface area contributed by atoms with Crippen molar-refractivity contribution in [2.24, 2.45) is 0 Å². The highest BCUT2D eigenvalue weighted by molar-refractivity contribution is 6.08. The lowest BCUT2D eigenvalue weighted by molar-refractivity contribution is 0.499. The van der Waals surface area contributed by atoms with Crippen LogP contribution in [0.5, 0.6) is 0 Å². The fraction of sp³-hybridized carbons (Fsp3) is 0.100. The van der Waals surface area contributed by atoms with Gasteiger partial charge >= 0.3 is 0 Å². The molecule has 21 heavy (non-hydrogen) atoms. The quantitative estimate of drug-likeness (QED) is 0.565. The van der Waals surface area contributed by atoms with Crippen molar-refractivity contribution in [1.29, 1.82) is 0 Å². The summed E-state index contributed by atoms with van der Waals surface area (Å²) in [5.41, 5.74) is 2.34. The molecule has 1 aliphatic carbocycles. The van der Waals surface area contributed by atoms with Crippen LogP contribution in [-0.2, 0) is 5.54 Å². The molecule has 0 N–H and O–H groups in total.